The molecule has 0 heterocycles. The van der Waals surface area contributed by atoms with E-state index in [1.54, 1.807) is 6.07 Å². The first kappa shape index (κ1) is 14.6. The van der Waals surface area contributed by atoms with Gasteiger partial charge in [0.1, 0.15) is 0 Å². The van der Waals surface area contributed by atoms with Crippen LogP contribution >= 0.6 is 15.9 Å². The number of carboxylic acids is 1. The van der Waals surface area contributed by atoms with E-state index in [2.05, 4.69) is 15.9 Å². The molecule has 0 bridgehead atoms. The van der Waals surface area contributed by atoms with Gasteiger partial charge >= 0.3 is 5.97 Å². The molecule has 0 aliphatic carbocycles. The highest BCUT2D eigenvalue weighted by atomic mass is 79.9. The van der Waals surface area contributed by atoms with Gasteiger partial charge in [-0.1, -0.05) is 35.8 Å². The van der Waals surface area contributed by atoms with Crippen LogP contribution in [0.3, 0.4) is 0 Å². The molecule has 0 saturated heterocycles. The lowest BCUT2D eigenvalue weighted by molar-refractivity contribution is -0.385. The molecule has 0 aliphatic rings. The van der Waals surface area contributed by atoms with Crippen molar-refractivity contribution < 1.29 is 14.8 Å². The summed E-state index contributed by atoms with van der Waals surface area (Å²) in [6, 6.07) is 4.29. The Balaban J connectivity index is 0.00000106. The Morgan fingerprint density at radius 1 is 1.50 bits per heavy atom. The van der Waals surface area contributed by atoms with Crippen molar-refractivity contribution >= 4 is 27.6 Å². The zero-order chi connectivity index (χ0) is 12.7. The molecule has 0 fully saturated rings. The van der Waals surface area contributed by atoms with Crippen molar-refractivity contribution in [3.63, 3.8) is 0 Å². The summed E-state index contributed by atoms with van der Waals surface area (Å²) in [6.07, 6.45) is -0.344. The first-order valence-corrected chi connectivity index (χ1v) is 5.44. The molecule has 0 saturated carbocycles. The summed E-state index contributed by atoms with van der Waals surface area (Å²) in [7, 11) is 0. The summed E-state index contributed by atoms with van der Waals surface area (Å²) in [4.78, 5) is 20.3. The van der Waals surface area contributed by atoms with Crippen LogP contribution in [0.15, 0.2) is 22.7 Å². The van der Waals surface area contributed by atoms with E-state index in [-0.39, 0.29) is 17.7 Å². The molecule has 16 heavy (non-hydrogen) atoms. The van der Waals surface area contributed by atoms with Gasteiger partial charge in [0.15, 0.2) is 0 Å². The number of aliphatic carboxylic acids is 1. The standard InChI is InChI=1S/C8H6BrNO4.C2H6/c9-6-2-1-5(3-8(11)12)7(4-6)10(13)14;1-2/h1-2,4H,3H2,(H,11,12);1-2H3. The second kappa shape index (κ2) is 6.95. The van der Waals surface area contributed by atoms with Crippen molar-refractivity contribution in [3.8, 4) is 0 Å². The van der Waals surface area contributed by atoms with Gasteiger partial charge in [0, 0.05) is 16.1 Å². The minimum Gasteiger partial charge on any atom is -0.481 e. The SMILES string of the molecule is CC.O=C(O)Cc1ccc(Br)cc1[N+](=O)[O-]. The molecular weight excluding hydrogens is 278 g/mol. The molecule has 5 nitrogen and oxygen atoms in total. The predicted molar refractivity (Wildman–Crippen MR) is 63.5 cm³/mol. The molecule has 0 unspecified atom stereocenters. The third-order valence-electron chi connectivity index (χ3n) is 1.59. The average Bonchev–Trinajstić information content (AvgIpc) is 2.23. The van der Waals surface area contributed by atoms with Crippen molar-refractivity contribution in [1.82, 2.24) is 0 Å². The van der Waals surface area contributed by atoms with Crippen LogP contribution in [0.25, 0.3) is 0 Å². The molecule has 0 atom stereocenters. The van der Waals surface area contributed by atoms with Crippen molar-refractivity contribution in [1.29, 1.82) is 0 Å². The van der Waals surface area contributed by atoms with Crippen molar-refractivity contribution in [2.75, 3.05) is 0 Å². The van der Waals surface area contributed by atoms with Crippen LogP contribution in [-0.2, 0) is 11.2 Å². The summed E-state index contributed by atoms with van der Waals surface area (Å²) in [5, 5.41) is 19.1. The molecule has 0 aromatic heterocycles. The van der Waals surface area contributed by atoms with E-state index in [1.807, 2.05) is 13.8 Å². The highest BCUT2D eigenvalue weighted by molar-refractivity contribution is 9.10. The van der Waals surface area contributed by atoms with E-state index >= 15 is 0 Å². The van der Waals surface area contributed by atoms with Gasteiger partial charge in [-0.2, -0.15) is 0 Å². The number of hydrogen-bond acceptors (Lipinski definition) is 3. The summed E-state index contributed by atoms with van der Waals surface area (Å²) in [6.45, 7) is 4.00. The van der Waals surface area contributed by atoms with Crippen LogP contribution < -0.4 is 0 Å². The van der Waals surface area contributed by atoms with Crippen molar-refractivity contribution in [3.05, 3.63) is 38.3 Å². The normalized spacial score (nSPS) is 8.94. The molecule has 1 N–H and O–H groups in total. The topological polar surface area (TPSA) is 80.4 Å². The van der Waals surface area contributed by atoms with Crippen LogP contribution in [0.1, 0.15) is 19.4 Å². The molecule has 0 aliphatic heterocycles. The number of hydrogen-bond donors (Lipinski definition) is 1. The van der Waals surface area contributed by atoms with E-state index in [1.165, 1.54) is 12.1 Å². The zero-order valence-electron chi connectivity index (χ0n) is 8.94. The van der Waals surface area contributed by atoms with Crippen LogP contribution in [-0.4, -0.2) is 16.0 Å². The number of carbonyl (C=O) groups is 1. The lowest BCUT2D eigenvalue weighted by atomic mass is 10.1. The smallest absolute Gasteiger partial charge is 0.308 e. The molecular formula is C10H12BrNO4. The van der Waals surface area contributed by atoms with Gasteiger partial charge in [-0.3, -0.25) is 14.9 Å². The monoisotopic (exact) mass is 289 g/mol. The fourth-order valence-electron chi connectivity index (χ4n) is 1.02. The first-order valence-electron chi connectivity index (χ1n) is 4.65. The Morgan fingerprint density at radius 2 is 2.06 bits per heavy atom. The summed E-state index contributed by atoms with van der Waals surface area (Å²) >= 11 is 3.08. The molecule has 1 rings (SSSR count). The average molecular weight is 290 g/mol. The third-order valence-corrected chi connectivity index (χ3v) is 2.08. The summed E-state index contributed by atoms with van der Waals surface area (Å²) in [5.74, 6) is -1.09. The molecule has 6 heteroatoms. The van der Waals surface area contributed by atoms with Crippen molar-refractivity contribution in [2.24, 2.45) is 0 Å². The van der Waals surface area contributed by atoms with Crippen molar-refractivity contribution in [2.45, 2.75) is 20.3 Å². The maximum Gasteiger partial charge on any atom is 0.308 e. The molecule has 1 aromatic rings. The summed E-state index contributed by atoms with van der Waals surface area (Å²) < 4.78 is 0.554. The second-order valence-electron chi connectivity index (χ2n) is 2.60. The Morgan fingerprint density at radius 3 is 2.50 bits per heavy atom. The minimum atomic E-state index is -1.09. The van der Waals surface area contributed by atoms with E-state index in [4.69, 9.17) is 5.11 Å². The molecule has 0 amide bonds. The fourth-order valence-corrected chi connectivity index (χ4v) is 1.37. The Hall–Kier alpha value is -1.43. The Bertz CT molecular complexity index is 392. The number of nitro benzene ring substituents is 1. The van der Waals surface area contributed by atoms with Crippen LogP contribution in [0.4, 0.5) is 5.69 Å². The van der Waals surface area contributed by atoms with Crippen LogP contribution in [0, 0.1) is 10.1 Å². The van der Waals surface area contributed by atoms with Gasteiger partial charge < -0.3 is 5.11 Å². The Labute approximate surface area is 101 Å². The van der Waals surface area contributed by atoms with E-state index < -0.39 is 10.9 Å². The first-order chi connectivity index (χ1) is 7.50. The largest absolute Gasteiger partial charge is 0.481 e. The lowest BCUT2D eigenvalue weighted by Crippen LogP contribution is -2.03. The van der Waals surface area contributed by atoms with Gasteiger partial charge in [0.25, 0.3) is 5.69 Å². The minimum absolute atomic E-state index is 0.179. The Kier molecular flexibility index (Phi) is 6.32. The number of carboxylic acid groups (broad SMARTS) is 1. The van der Waals surface area contributed by atoms with Gasteiger partial charge in [-0.05, 0) is 6.07 Å². The van der Waals surface area contributed by atoms with Gasteiger partial charge in [0.05, 0.1) is 11.3 Å². The number of rotatable bonds is 3. The molecule has 88 valence electrons. The molecule has 1 aromatic carbocycles. The maximum atomic E-state index is 10.5. The van der Waals surface area contributed by atoms with Gasteiger partial charge in [0.2, 0.25) is 0 Å². The number of nitrogens with zero attached hydrogens (tertiary/aromatic N) is 1. The van der Waals surface area contributed by atoms with Gasteiger partial charge in [-0.15, -0.1) is 0 Å². The highest BCUT2D eigenvalue weighted by Crippen LogP contribution is 2.23. The van der Waals surface area contributed by atoms with E-state index in [9.17, 15) is 14.9 Å². The lowest BCUT2D eigenvalue weighted by Gasteiger charge is -1.99. The second-order valence-corrected chi connectivity index (χ2v) is 3.52. The fraction of sp³-hybridized carbons (Fsp3) is 0.300. The third kappa shape index (κ3) is 4.39. The van der Waals surface area contributed by atoms with E-state index in [0.29, 0.717) is 4.47 Å². The quantitative estimate of drug-likeness (QED) is 0.685. The summed E-state index contributed by atoms with van der Waals surface area (Å²) in [5.41, 5.74) is 0.0208. The number of benzene rings is 1. The number of halogens is 1. The zero-order valence-corrected chi connectivity index (χ0v) is 10.5. The van der Waals surface area contributed by atoms with E-state index in [0.717, 1.165) is 0 Å². The molecule has 0 radical (unpaired) electrons. The maximum absolute atomic E-state index is 10.5. The van der Waals surface area contributed by atoms with Gasteiger partial charge in [-0.25, -0.2) is 0 Å². The number of nitro groups is 1. The predicted octanol–water partition coefficient (Wildman–Crippen LogP) is 3.01. The highest BCUT2D eigenvalue weighted by Gasteiger charge is 2.15. The van der Waals surface area contributed by atoms with Crippen LogP contribution in [0.2, 0.25) is 0 Å². The van der Waals surface area contributed by atoms with Crippen LogP contribution in [0.5, 0.6) is 0 Å². The molecule has 0 spiro atoms.